The number of hydrogen-bond donors (Lipinski definition) is 0. The molecular weight excluding hydrogens is 421 g/mol. The summed E-state index contributed by atoms with van der Waals surface area (Å²) in [4.78, 5) is 0. The molecule has 0 atom stereocenters. The monoisotopic (exact) mass is 449 g/mol. The van der Waals surface area contributed by atoms with Crippen molar-refractivity contribution in [3.05, 3.63) is 18.7 Å². The molecular formula is C14H28Cl3N2Sn+. The average Bonchev–Trinajstić information content (AvgIpc) is 2.78. The van der Waals surface area contributed by atoms with Gasteiger partial charge in [-0.3, -0.25) is 0 Å². The average molecular weight is 449 g/mol. The van der Waals surface area contributed by atoms with E-state index >= 15 is 0 Å². The third-order valence-electron chi connectivity index (χ3n) is 2.91. The normalized spacial score (nSPS) is 11.1. The van der Waals surface area contributed by atoms with Crippen molar-refractivity contribution in [3.8, 4) is 0 Å². The van der Waals surface area contributed by atoms with E-state index in [-0.39, 0.29) is 0 Å². The van der Waals surface area contributed by atoms with Crippen LogP contribution in [0.1, 0.15) is 52.4 Å². The molecule has 0 unspecified atom stereocenters. The van der Waals surface area contributed by atoms with Crippen LogP contribution in [0.25, 0.3) is 0 Å². The molecule has 0 saturated heterocycles. The predicted molar refractivity (Wildman–Crippen MR) is 92.8 cm³/mol. The number of rotatable bonds is 8. The fraction of sp³-hybridized carbons (Fsp3) is 0.786. The van der Waals surface area contributed by atoms with Gasteiger partial charge in [-0.15, -0.1) is 0 Å². The summed E-state index contributed by atoms with van der Waals surface area (Å²) in [6.45, 7) is 5.51. The molecule has 0 bridgehead atoms. The standard InChI is InChI=1S/C10H19N2.C4H9.3ClH.Sn/c1-3-4-5-6-7-12-9-8-11(2)10-12;1-3-4-2;;;;/h8-10H,3-7H2,1-2H3;1,3-4H2,2H3;3*1H;/q+1;;;;;+3/p-3. The molecule has 1 aromatic rings. The van der Waals surface area contributed by atoms with Crippen molar-refractivity contribution in [2.75, 3.05) is 0 Å². The Morgan fingerprint density at radius 2 is 1.65 bits per heavy atom. The summed E-state index contributed by atoms with van der Waals surface area (Å²) in [6, 6.07) is 0. The fourth-order valence-electron chi connectivity index (χ4n) is 1.73. The van der Waals surface area contributed by atoms with Gasteiger partial charge in [0.2, 0.25) is 6.33 Å². The van der Waals surface area contributed by atoms with Gasteiger partial charge < -0.3 is 0 Å². The van der Waals surface area contributed by atoms with Crippen molar-refractivity contribution in [3.63, 3.8) is 0 Å². The van der Waals surface area contributed by atoms with Gasteiger partial charge in [0.1, 0.15) is 12.4 Å². The van der Waals surface area contributed by atoms with Gasteiger partial charge in [0, 0.05) is 0 Å². The quantitative estimate of drug-likeness (QED) is 0.288. The number of nitrogens with zero attached hydrogens (tertiary/aromatic N) is 2. The molecule has 0 amide bonds. The molecule has 0 radical (unpaired) electrons. The van der Waals surface area contributed by atoms with Crippen LogP contribution in [0.15, 0.2) is 18.7 Å². The molecule has 0 aliphatic carbocycles. The van der Waals surface area contributed by atoms with Crippen LogP contribution in [0.5, 0.6) is 0 Å². The Bertz CT molecular complexity index is 337. The Morgan fingerprint density at radius 3 is 2.05 bits per heavy atom. The molecule has 0 N–H and O–H groups in total. The third kappa shape index (κ3) is 13.8. The topological polar surface area (TPSA) is 8.81 Å². The van der Waals surface area contributed by atoms with Crippen molar-refractivity contribution in [1.29, 1.82) is 0 Å². The van der Waals surface area contributed by atoms with Gasteiger partial charge in [-0.25, -0.2) is 9.13 Å². The van der Waals surface area contributed by atoms with Gasteiger partial charge in [0.25, 0.3) is 0 Å². The van der Waals surface area contributed by atoms with Crippen LogP contribution in [-0.4, -0.2) is 19.6 Å². The Kier molecular flexibility index (Phi) is 13.0. The number of hydrogen-bond acceptors (Lipinski definition) is 0. The van der Waals surface area contributed by atoms with Crippen molar-refractivity contribution in [1.82, 2.24) is 4.57 Å². The molecule has 1 heterocycles. The second-order valence-electron chi connectivity index (χ2n) is 5.10. The van der Waals surface area contributed by atoms with E-state index in [1.54, 1.807) is 0 Å². The number of unbranched alkanes of at least 4 members (excludes halogenated alkanes) is 4. The van der Waals surface area contributed by atoms with Gasteiger partial charge in [0.05, 0.1) is 13.6 Å². The molecule has 0 aliphatic heterocycles. The van der Waals surface area contributed by atoms with Crippen LogP contribution < -0.4 is 4.57 Å². The number of aryl methyl sites for hydroxylation is 2. The molecule has 0 saturated carbocycles. The Balaban J connectivity index is 0.000000396. The van der Waals surface area contributed by atoms with E-state index in [0.717, 1.165) is 17.3 Å². The predicted octanol–water partition coefficient (Wildman–Crippen LogP) is 5.33. The Hall–Kier alpha value is 0.879. The molecule has 6 heteroatoms. The van der Waals surface area contributed by atoms with Crippen LogP contribution in [-0.2, 0) is 13.6 Å². The second-order valence-corrected chi connectivity index (χ2v) is 26.9. The minimum atomic E-state index is -2.89. The number of halogens is 3. The van der Waals surface area contributed by atoms with Gasteiger partial charge in [-0.05, 0) is 12.8 Å². The summed E-state index contributed by atoms with van der Waals surface area (Å²) in [7, 11) is 19.0. The first kappa shape index (κ1) is 20.9. The summed E-state index contributed by atoms with van der Waals surface area (Å²) in [5.41, 5.74) is 0. The van der Waals surface area contributed by atoms with Gasteiger partial charge in [-0.2, -0.15) is 0 Å². The first-order chi connectivity index (χ1) is 9.39. The summed E-state index contributed by atoms with van der Waals surface area (Å²) in [6.07, 6.45) is 13.9. The third-order valence-corrected chi connectivity index (χ3v) is 9.34. The molecule has 1 rings (SSSR count). The van der Waals surface area contributed by atoms with E-state index < -0.39 is 15.0 Å². The summed E-state index contributed by atoms with van der Waals surface area (Å²) >= 11 is -2.89. The SMILES string of the molecule is CCCCCCn1cc[n+](C)c1.CCC[CH2][Sn]([Cl])([Cl])[Cl]. The second kappa shape index (κ2) is 12.4. The zero-order valence-corrected chi connectivity index (χ0v) is 18.0. The first-order valence-corrected chi connectivity index (χ1v) is 20.3. The van der Waals surface area contributed by atoms with Crippen LogP contribution in [0.2, 0.25) is 4.44 Å². The molecule has 20 heavy (non-hydrogen) atoms. The van der Waals surface area contributed by atoms with E-state index in [1.807, 2.05) is 0 Å². The molecule has 0 aromatic carbocycles. The van der Waals surface area contributed by atoms with Gasteiger partial charge in [0.15, 0.2) is 0 Å². The molecule has 2 nitrogen and oxygen atoms in total. The van der Waals surface area contributed by atoms with Crippen molar-refractivity contribution in [2.24, 2.45) is 7.05 Å². The number of aromatic nitrogens is 2. The summed E-state index contributed by atoms with van der Waals surface area (Å²) in [5.74, 6) is 0. The molecule has 1 aromatic heterocycles. The molecule has 0 fully saturated rings. The van der Waals surface area contributed by atoms with E-state index in [9.17, 15) is 0 Å². The summed E-state index contributed by atoms with van der Waals surface area (Å²) in [5, 5.41) is 0. The van der Waals surface area contributed by atoms with E-state index in [1.165, 1.54) is 32.2 Å². The first-order valence-electron chi connectivity index (χ1n) is 7.46. The fourth-order valence-corrected chi connectivity index (χ4v) is 6.57. The molecule has 0 aliphatic rings. The van der Waals surface area contributed by atoms with E-state index in [4.69, 9.17) is 26.8 Å². The van der Waals surface area contributed by atoms with Crippen molar-refractivity contribution >= 4 is 41.8 Å². The maximum atomic E-state index is 5.65. The van der Waals surface area contributed by atoms with Gasteiger partial charge >= 0.3 is 66.0 Å². The minimum absolute atomic E-state index is 0.871. The van der Waals surface area contributed by atoms with Crippen LogP contribution in [0, 0.1) is 0 Å². The van der Waals surface area contributed by atoms with Crippen molar-refractivity contribution < 1.29 is 4.57 Å². The molecule has 0 spiro atoms. The molecule has 118 valence electrons. The zero-order valence-electron chi connectivity index (χ0n) is 12.9. The van der Waals surface area contributed by atoms with E-state index in [2.05, 4.69) is 48.8 Å². The van der Waals surface area contributed by atoms with Crippen molar-refractivity contribution in [2.45, 2.75) is 63.4 Å². The maximum absolute atomic E-state index is 5.65. The zero-order chi connectivity index (χ0) is 15.4. The van der Waals surface area contributed by atoms with Crippen LogP contribution >= 0.6 is 26.8 Å². The Labute approximate surface area is 139 Å². The van der Waals surface area contributed by atoms with Crippen LogP contribution in [0.4, 0.5) is 0 Å². The number of imidazole rings is 1. The van der Waals surface area contributed by atoms with Gasteiger partial charge in [-0.1, -0.05) is 19.8 Å². The summed E-state index contributed by atoms with van der Waals surface area (Å²) < 4.78 is 5.20. The van der Waals surface area contributed by atoms with Crippen LogP contribution in [0.3, 0.4) is 0 Å². The van der Waals surface area contributed by atoms with E-state index in [0.29, 0.717) is 0 Å². The Morgan fingerprint density at radius 1 is 1.00 bits per heavy atom.